The van der Waals surface area contributed by atoms with Gasteiger partial charge >= 0.3 is 5.97 Å². The van der Waals surface area contributed by atoms with Crippen LogP contribution < -0.4 is 4.90 Å². The molecule has 0 aromatic carbocycles. The zero-order valence-corrected chi connectivity index (χ0v) is 11.8. The van der Waals surface area contributed by atoms with Crippen LogP contribution in [0.5, 0.6) is 0 Å². The van der Waals surface area contributed by atoms with Crippen LogP contribution in [0.15, 0.2) is 6.20 Å². The number of aromatic nitrogens is 2. The van der Waals surface area contributed by atoms with E-state index in [1.54, 1.807) is 6.20 Å². The first-order valence-corrected chi connectivity index (χ1v) is 6.83. The van der Waals surface area contributed by atoms with E-state index in [1.807, 2.05) is 20.8 Å². The number of rotatable bonds is 3. The van der Waals surface area contributed by atoms with Crippen molar-refractivity contribution in [3.63, 3.8) is 0 Å². The van der Waals surface area contributed by atoms with Gasteiger partial charge in [-0.3, -0.25) is 9.78 Å². The third-order valence-electron chi connectivity index (χ3n) is 3.39. The van der Waals surface area contributed by atoms with E-state index in [2.05, 4.69) is 14.9 Å². The Bertz CT molecular complexity index is 462. The van der Waals surface area contributed by atoms with E-state index in [0.717, 1.165) is 36.6 Å². The van der Waals surface area contributed by atoms with E-state index < -0.39 is 0 Å². The zero-order valence-electron chi connectivity index (χ0n) is 11.8. The maximum atomic E-state index is 11.8. The number of nitrogens with zero attached hydrogens (tertiary/aromatic N) is 3. The molecule has 0 bridgehead atoms. The van der Waals surface area contributed by atoms with Crippen molar-refractivity contribution >= 4 is 11.8 Å². The summed E-state index contributed by atoms with van der Waals surface area (Å²) in [5.41, 5.74) is 1.81. The molecule has 19 heavy (non-hydrogen) atoms. The van der Waals surface area contributed by atoms with Crippen molar-refractivity contribution in [2.24, 2.45) is 5.92 Å². The molecule has 1 atom stereocenters. The Morgan fingerprint density at radius 1 is 1.53 bits per heavy atom. The van der Waals surface area contributed by atoms with Crippen molar-refractivity contribution in [2.75, 3.05) is 24.6 Å². The predicted octanol–water partition coefficient (Wildman–Crippen LogP) is 1.87. The van der Waals surface area contributed by atoms with Gasteiger partial charge in [0, 0.05) is 19.3 Å². The van der Waals surface area contributed by atoms with Crippen LogP contribution in [0, 0.1) is 19.8 Å². The van der Waals surface area contributed by atoms with Gasteiger partial charge in [-0.2, -0.15) is 0 Å². The van der Waals surface area contributed by atoms with Gasteiger partial charge in [0.2, 0.25) is 0 Å². The summed E-state index contributed by atoms with van der Waals surface area (Å²) in [7, 11) is 0. The number of hydrogen-bond donors (Lipinski definition) is 0. The van der Waals surface area contributed by atoms with Gasteiger partial charge in [-0.1, -0.05) is 0 Å². The Kier molecular flexibility index (Phi) is 4.35. The number of esters is 1. The third-order valence-corrected chi connectivity index (χ3v) is 3.39. The van der Waals surface area contributed by atoms with Crippen LogP contribution in [-0.2, 0) is 9.53 Å². The van der Waals surface area contributed by atoms with Gasteiger partial charge in [0.05, 0.1) is 23.9 Å². The summed E-state index contributed by atoms with van der Waals surface area (Å²) in [5.74, 6) is 0.759. The van der Waals surface area contributed by atoms with Crippen LogP contribution in [0.1, 0.15) is 31.2 Å². The number of hydrogen-bond acceptors (Lipinski definition) is 5. The van der Waals surface area contributed by atoms with Crippen LogP contribution in [0.3, 0.4) is 0 Å². The molecule has 5 nitrogen and oxygen atoms in total. The quantitative estimate of drug-likeness (QED) is 0.779. The van der Waals surface area contributed by atoms with Crippen LogP contribution in [-0.4, -0.2) is 35.6 Å². The molecule has 0 unspecified atom stereocenters. The number of piperidine rings is 1. The Morgan fingerprint density at radius 3 is 3.05 bits per heavy atom. The second-order valence-electron chi connectivity index (χ2n) is 4.96. The minimum Gasteiger partial charge on any atom is -0.466 e. The Labute approximate surface area is 114 Å². The lowest BCUT2D eigenvalue weighted by atomic mass is 9.98. The summed E-state index contributed by atoms with van der Waals surface area (Å²) >= 11 is 0. The molecule has 0 radical (unpaired) electrons. The molecular formula is C14H21N3O2. The molecule has 1 aromatic rings. The molecule has 1 fully saturated rings. The number of ether oxygens (including phenoxy) is 1. The topological polar surface area (TPSA) is 55.3 Å². The summed E-state index contributed by atoms with van der Waals surface area (Å²) in [6, 6.07) is 0. The van der Waals surface area contributed by atoms with Crippen molar-refractivity contribution < 1.29 is 9.53 Å². The normalized spacial score (nSPS) is 19.3. The van der Waals surface area contributed by atoms with Crippen molar-refractivity contribution in [1.29, 1.82) is 0 Å². The fourth-order valence-electron chi connectivity index (χ4n) is 2.45. The molecule has 104 valence electrons. The number of carbonyl (C=O) groups is 1. The van der Waals surface area contributed by atoms with E-state index in [9.17, 15) is 4.79 Å². The van der Waals surface area contributed by atoms with Gasteiger partial charge in [0.1, 0.15) is 5.82 Å². The maximum absolute atomic E-state index is 11.8. The first kappa shape index (κ1) is 13.8. The van der Waals surface area contributed by atoms with Crippen LogP contribution in [0.25, 0.3) is 0 Å². The highest BCUT2D eigenvalue weighted by molar-refractivity contribution is 5.73. The fraction of sp³-hybridized carbons (Fsp3) is 0.643. The average Bonchev–Trinajstić information content (AvgIpc) is 2.42. The second kappa shape index (κ2) is 5.99. The van der Waals surface area contributed by atoms with Crippen molar-refractivity contribution in [3.8, 4) is 0 Å². The van der Waals surface area contributed by atoms with Crippen LogP contribution in [0.2, 0.25) is 0 Å². The smallest absolute Gasteiger partial charge is 0.310 e. The van der Waals surface area contributed by atoms with E-state index in [1.165, 1.54) is 0 Å². The maximum Gasteiger partial charge on any atom is 0.310 e. The van der Waals surface area contributed by atoms with Gasteiger partial charge in [0.25, 0.3) is 0 Å². The van der Waals surface area contributed by atoms with Crippen molar-refractivity contribution in [1.82, 2.24) is 9.97 Å². The Hall–Kier alpha value is -1.65. The summed E-state index contributed by atoms with van der Waals surface area (Å²) in [4.78, 5) is 22.9. The standard InChI is InChI=1S/C14H21N3O2/c1-4-19-14(18)12-6-5-7-17(9-12)13-11(3)15-8-10(2)16-13/h8,12H,4-7,9H2,1-3H3/t12-/m1/s1. The van der Waals surface area contributed by atoms with Gasteiger partial charge in [-0.05, 0) is 33.6 Å². The molecule has 1 aromatic heterocycles. The molecule has 1 aliphatic rings. The highest BCUT2D eigenvalue weighted by atomic mass is 16.5. The number of carbonyl (C=O) groups excluding carboxylic acids is 1. The average molecular weight is 263 g/mol. The van der Waals surface area contributed by atoms with Crippen LogP contribution in [0.4, 0.5) is 5.82 Å². The molecule has 2 rings (SSSR count). The van der Waals surface area contributed by atoms with Gasteiger partial charge < -0.3 is 9.64 Å². The van der Waals surface area contributed by atoms with Crippen molar-refractivity contribution in [3.05, 3.63) is 17.6 Å². The Balaban J connectivity index is 2.12. The molecule has 2 heterocycles. The lowest BCUT2D eigenvalue weighted by Crippen LogP contribution is -2.40. The first-order valence-electron chi connectivity index (χ1n) is 6.83. The molecule has 0 amide bonds. The summed E-state index contributed by atoms with van der Waals surface area (Å²) in [6.45, 7) is 7.78. The molecule has 1 saturated heterocycles. The number of anilines is 1. The lowest BCUT2D eigenvalue weighted by molar-refractivity contribution is -0.148. The molecule has 1 aliphatic heterocycles. The Morgan fingerprint density at radius 2 is 2.32 bits per heavy atom. The molecule has 0 saturated carbocycles. The molecule has 0 aliphatic carbocycles. The molecule has 0 spiro atoms. The minimum atomic E-state index is -0.0922. The molecule has 0 N–H and O–H groups in total. The summed E-state index contributed by atoms with van der Waals surface area (Å²) < 4.78 is 5.12. The monoisotopic (exact) mass is 263 g/mol. The molecular weight excluding hydrogens is 242 g/mol. The van der Waals surface area contributed by atoms with Gasteiger partial charge in [-0.15, -0.1) is 0 Å². The fourth-order valence-corrected chi connectivity index (χ4v) is 2.45. The predicted molar refractivity (Wildman–Crippen MR) is 73.1 cm³/mol. The first-order chi connectivity index (χ1) is 9.11. The molecule has 5 heteroatoms. The summed E-state index contributed by atoms with van der Waals surface area (Å²) in [6.07, 6.45) is 3.65. The third kappa shape index (κ3) is 3.22. The minimum absolute atomic E-state index is 0.0459. The van der Waals surface area contributed by atoms with Gasteiger partial charge in [-0.25, -0.2) is 4.98 Å². The summed E-state index contributed by atoms with van der Waals surface area (Å²) in [5, 5.41) is 0. The number of aryl methyl sites for hydroxylation is 2. The van der Waals surface area contributed by atoms with E-state index in [-0.39, 0.29) is 11.9 Å². The zero-order chi connectivity index (χ0) is 13.8. The second-order valence-corrected chi connectivity index (χ2v) is 4.96. The highest BCUT2D eigenvalue weighted by Gasteiger charge is 2.28. The highest BCUT2D eigenvalue weighted by Crippen LogP contribution is 2.24. The van der Waals surface area contributed by atoms with Crippen LogP contribution >= 0.6 is 0 Å². The van der Waals surface area contributed by atoms with E-state index in [0.29, 0.717) is 13.2 Å². The van der Waals surface area contributed by atoms with E-state index in [4.69, 9.17) is 4.74 Å². The van der Waals surface area contributed by atoms with Gasteiger partial charge in [0.15, 0.2) is 0 Å². The SMILES string of the molecule is CCOC(=O)[C@@H]1CCCN(c2nc(C)cnc2C)C1. The lowest BCUT2D eigenvalue weighted by Gasteiger charge is -2.33. The van der Waals surface area contributed by atoms with E-state index >= 15 is 0 Å². The largest absolute Gasteiger partial charge is 0.466 e. The van der Waals surface area contributed by atoms with Crippen molar-refractivity contribution in [2.45, 2.75) is 33.6 Å².